The number of likely N-dealkylation sites (tertiary alicyclic amines) is 1. The third kappa shape index (κ3) is 6.14. The number of piperidine rings is 1. The summed E-state index contributed by atoms with van der Waals surface area (Å²) in [5.74, 6) is 0.523. The van der Waals surface area contributed by atoms with Gasteiger partial charge in [0, 0.05) is 30.1 Å². The number of rotatable bonds is 10. The van der Waals surface area contributed by atoms with Crippen molar-refractivity contribution in [2.24, 2.45) is 11.0 Å². The highest BCUT2D eigenvalue weighted by Gasteiger charge is 2.22. The third-order valence-electron chi connectivity index (χ3n) is 5.78. The first-order valence-electron chi connectivity index (χ1n) is 10.6. The van der Waals surface area contributed by atoms with Crippen molar-refractivity contribution >= 4 is 10.0 Å². The Hall–Kier alpha value is -2.85. The first-order valence-corrected chi connectivity index (χ1v) is 12.1. The number of nitrogens with one attached hydrogen (secondary N) is 1. The van der Waals surface area contributed by atoms with E-state index in [0.717, 1.165) is 32.0 Å². The molecule has 0 radical (unpaired) electrons. The van der Waals surface area contributed by atoms with Crippen LogP contribution in [0.4, 0.5) is 4.39 Å². The summed E-state index contributed by atoms with van der Waals surface area (Å²) in [6.07, 6.45) is 1.82. The van der Waals surface area contributed by atoms with Crippen LogP contribution in [-0.2, 0) is 10.0 Å². The molecular weight excluding hydrogens is 449 g/mol. The molecule has 2 aromatic rings. The van der Waals surface area contributed by atoms with Gasteiger partial charge in [0.15, 0.2) is 0 Å². The number of sulfonamides is 1. The second-order valence-electron chi connectivity index (χ2n) is 7.78. The molecule has 0 bridgehead atoms. The van der Waals surface area contributed by atoms with Crippen molar-refractivity contribution in [3.63, 3.8) is 0 Å². The van der Waals surface area contributed by atoms with E-state index in [-0.39, 0.29) is 17.0 Å². The Morgan fingerprint density at radius 2 is 1.85 bits per heavy atom. The molecule has 1 fully saturated rings. The molecule has 0 amide bonds. The summed E-state index contributed by atoms with van der Waals surface area (Å²) in [6, 6.07) is 8.88. The molecule has 1 aliphatic heterocycles. The molecule has 0 unspecified atom stereocenters. The largest absolute Gasteiger partial charge is 0.496 e. The van der Waals surface area contributed by atoms with Gasteiger partial charge in [-0.25, -0.2) is 17.5 Å². The minimum Gasteiger partial charge on any atom is -0.496 e. The van der Waals surface area contributed by atoms with E-state index in [1.54, 1.807) is 18.2 Å². The first kappa shape index (κ1) is 24.8. The van der Waals surface area contributed by atoms with Crippen LogP contribution in [-0.4, -0.2) is 60.3 Å². The van der Waals surface area contributed by atoms with Crippen molar-refractivity contribution in [2.75, 3.05) is 46.9 Å². The van der Waals surface area contributed by atoms with Crippen LogP contribution in [0.2, 0.25) is 0 Å². The summed E-state index contributed by atoms with van der Waals surface area (Å²) in [5.41, 5.74) is 9.03. The van der Waals surface area contributed by atoms with Crippen LogP contribution < -0.4 is 14.2 Å². The Labute approximate surface area is 193 Å². The normalized spacial score (nSPS) is 15.1. The quantitative estimate of drug-likeness (QED) is 0.317. The van der Waals surface area contributed by atoms with Crippen LogP contribution in [0.5, 0.6) is 11.5 Å². The molecule has 0 aliphatic carbocycles. The second-order valence-corrected chi connectivity index (χ2v) is 9.54. The molecule has 33 heavy (non-hydrogen) atoms. The molecule has 11 heteroatoms. The molecule has 178 valence electrons. The van der Waals surface area contributed by atoms with Crippen molar-refractivity contribution in [3.8, 4) is 22.6 Å². The van der Waals surface area contributed by atoms with E-state index in [9.17, 15) is 12.8 Å². The second kappa shape index (κ2) is 11.3. The average molecular weight is 478 g/mol. The fourth-order valence-electron chi connectivity index (χ4n) is 3.95. The van der Waals surface area contributed by atoms with Crippen LogP contribution in [0.15, 0.2) is 46.4 Å². The van der Waals surface area contributed by atoms with Crippen LogP contribution in [0, 0.1) is 11.7 Å². The Morgan fingerprint density at radius 3 is 2.42 bits per heavy atom. The standard InChI is InChI=1S/C22H28FN5O4S/c1-31-20-4-3-5-21(32-2)22(20)18-7-6-17(14-19(18)23)33(29,30)26-10-13-28-11-8-16(9-12-28)15-25-27-24/h3-7,14,16,26H,8-13,15H2,1-2H3. The number of benzene rings is 2. The van der Waals surface area contributed by atoms with Gasteiger partial charge in [-0.3, -0.25) is 0 Å². The van der Waals surface area contributed by atoms with Crippen LogP contribution in [0.25, 0.3) is 21.6 Å². The van der Waals surface area contributed by atoms with Gasteiger partial charge in [0.05, 0.1) is 24.7 Å². The Kier molecular flexibility index (Phi) is 8.51. The molecular formula is C22H28FN5O4S. The maximum Gasteiger partial charge on any atom is 0.240 e. The van der Waals surface area contributed by atoms with E-state index in [1.165, 1.54) is 26.4 Å². The van der Waals surface area contributed by atoms with Crippen molar-refractivity contribution in [1.29, 1.82) is 0 Å². The maximum absolute atomic E-state index is 15.0. The van der Waals surface area contributed by atoms with Gasteiger partial charge in [-0.05, 0) is 67.7 Å². The molecule has 1 saturated heterocycles. The predicted molar refractivity (Wildman–Crippen MR) is 123 cm³/mol. The monoisotopic (exact) mass is 477 g/mol. The van der Waals surface area contributed by atoms with Gasteiger partial charge >= 0.3 is 0 Å². The van der Waals surface area contributed by atoms with Gasteiger partial charge in [0.1, 0.15) is 17.3 Å². The lowest BCUT2D eigenvalue weighted by Gasteiger charge is -2.31. The van der Waals surface area contributed by atoms with Gasteiger partial charge in [0.2, 0.25) is 10.0 Å². The molecule has 0 aromatic heterocycles. The van der Waals surface area contributed by atoms with Crippen LogP contribution in [0.3, 0.4) is 0 Å². The van der Waals surface area contributed by atoms with Gasteiger partial charge in [-0.2, -0.15) is 0 Å². The van der Waals surface area contributed by atoms with E-state index >= 15 is 0 Å². The van der Waals surface area contributed by atoms with Crippen molar-refractivity contribution < 1.29 is 22.3 Å². The number of azide groups is 1. The smallest absolute Gasteiger partial charge is 0.240 e. The summed E-state index contributed by atoms with van der Waals surface area (Å²) in [7, 11) is -0.923. The number of nitrogens with zero attached hydrogens (tertiary/aromatic N) is 4. The van der Waals surface area contributed by atoms with Gasteiger partial charge in [-0.15, -0.1) is 0 Å². The predicted octanol–water partition coefficient (Wildman–Crippen LogP) is 3.81. The molecule has 3 rings (SSSR count). The van der Waals surface area contributed by atoms with Crippen molar-refractivity contribution in [3.05, 3.63) is 52.7 Å². The van der Waals surface area contributed by atoms with E-state index in [2.05, 4.69) is 19.6 Å². The first-order chi connectivity index (χ1) is 15.9. The molecule has 1 aliphatic rings. The average Bonchev–Trinajstić information content (AvgIpc) is 2.83. The summed E-state index contributed by atoms with van der Waals surface area (Å²) >= 11 is 0. The van der Waals surface area contributed by atoms with Crippen molar-refractivity contribution in [1.82, 2.24) is 9.62 Å². The number of hydrogen-bond donors (Lipinski definition) is 1. The zero-order valence-electron chi connectivity index (χ0n) is 18.7. The fourth-order valence-corrected chi connectivity index (χ4v) is 4.98. The molecule has 0 spiro atoms. The Bertz CT molecular complexity index is 1090. The minimum atomic E-state index is -3.87. The van der Waals surface area contributed by atoms with E-state index in [4.69, 9.17) is 15.0 Å². The molecule has 0 saturated carbocycles. The highest BCUT2D eigenvalue weighted by atomic mass is 32.2. The van der Waals surface area contributed by atoms with E-state index in [1.807, 2.05) is 0 Å². The molecule has 2 aromatic carbocycles. The highest BCUT2D eigenvalue weighted by Crippen LogP contribution is 2.39. The maximum atomic E-state index is 15.0. The van der Waals surface area contributed by atoms with Crippen molar-refractivity contribution in [2.45, 2.75) is 17.7 Å². The number of hydrogen-bond acceptors (Lipinski definition) is 6. The Morgan fingerprint density at radius 1 is 1.18 bits per heavy atom. The lowest BCUT2D eigenvalue weighted by Crippen LogP contribution is -2.40. The summed E-state index contributed by atoms with van der Waals surface area (Å²) in [5, 5.41) is 3.63. The lowest BCUT2D eigenvalue weighted by atomic mass is 9.97. The number of ether oxygens (including phenoxy) is 2. The molecule has 0 atom stereocenters. The molecule has 1 N–H and O–H groups in total. The zero-order valence-corrected chi connectivity index (χ0v) is 19.5. The SMILES string of the molecule is COc1cccc(OC)c1-c1ccc(S(=O)(=O)NCCN2CCC(CN=[N+]=[N-])CC2)cc1F. The number of methoxy groups -OCH3 is 2. The summed E-state index contributed by atoms with van der Waals surface area (Å²) in [6.45, 7) is 2.90. The topological polar surface area (TPSA) is 117 Å². The molecule has 1 heterocycles. The minimum absolute atomic E-state index is 0.148. The van der Waals surface area contributed by atoms with Gasteiger partial charge in [0.25, 0.3) is 0 Å². The Balaban J connectivity index is 1.65. The highest BCUT2D eigenvalue weighted by molar-refractivity contribution is 7.89. The lowest BCUT2D eigenvalue weighted by molar-refractivity contribution is 0.190. The summed E-state index contributed by atoms with van der Waals surface area (Å²) in [4.78, 5) is 4.81. The van der Waals surface area contributed by atoms with Gasteiger partial charge in [-0.1, -0.05) is 11.2 Å². The van der Waals surface area contributed by atoms with Crippen LogP contribution in [0.1, 0.15) is 12.8 Å². The molecule has 9 nitrogen and oxygen atoms in total. The fraction of sp³-hybridized carbons (Fsp3) is 0.455. The van der Waals surface area contributed by atoms with E-state index in [0.29, 0.717) is 36.1 Å². The zero-order chi connectivity index (χ0) is 23.8. The number of halogens is 1. The van der Waals surface area contributed by atoms with Gasteiger partial charge < -0.3 is 14.4 Å². The third-order valence-corrected chi connectivity index (χ3v) is 7.24. The van der Waals surface area contributed by atoms with E-state index < -0.39 is 15.8 Å². The van der Waals surface area contributed by atoms with Crippen LogP contribution >= 0.6 is 0 Å². The summed E-state index contributed by atoms with van der Waals surface area (Å²) < 4.78 is 53.6.